The minimum Gasteiger partial charge on any atom is -0.461 e. The van der Waals surface area contributed by atoms with Gasteiger partial charge >= 0.3 is 11.9 Å². The van der Waals surface area contributed by atoms with Gasteiger partial charge in [0.25, 0.3) is 0 Å². The van der Waals surface area contributed by atoms with Gasteiger partial charge in [-0.2, -0.15) is 0 Å². The highest BCUT2D eigenvalue weighted by molar-refractivity contribution is 5.75. The van der Waals surface area contributed by atoms with Crippen LogP contribution >= 0.6 is 0 Å². The van der Waals surface area contributed by atoms with Gasteiger partial charge in [0.15, 0.2) is 0 Å². The second kappa shape index (κ2) is 11.0. The van der Waals surface area contributed by atoms with E-state index < -0.39 is 11.8 Å². The largest absolute Gasteiger partial charge is 0.461 e. The lowest BCUT2D eigenvalue weighted by molar-refractivity contribution is -0.153. The Labute approximate surface area is 172 Å². The van der Waals surface area contributed by atoms with Crippen molar-refractivity contribution in [2.75, 3.05) is 0 Å². The lowest BCUT2D eigenvalue weighted by Gasteiger charge is -2.16. The third kappa shape index (κ3) is 7.07. The van der Waals surface area contributed by atoms with E-state index in [9.17, 15) is 9.59 Å². The van der Waals surface area contributed by atoms with Crippen molar-refractivity contribution in [2.24, 2.45) is 11.8 Å². The number of ether oxygens (including phenoxy) is 2. The van der Waals surface area contributed by atoms with Gasteiger partial charge in [0.05, 0.1) is 11.8 Å². The van der Waals surface area contributed by atoms with E-state index in [-0.39, 0.29) is 25.2 Å². The first-order valence-electron chi connectivity index (χ1n) is 9.69. The predicted octanol–water partition coefficient (Wildman–Crippen LogP) is 5.42. The van der Waals surface area contributed by atoms with Crippen molar-refractivity contribution in [2.45, 2.75) is 33.5 Å². The maximum absolute atomic E-state index is 12.2. The van der Waals surface area contributed by atoms with Crippen LogP contribution in [0.25, 0.3) is 12.2 Å². The monoisotopic (exact) mass is 392 g/mol. The van der Waals surface area contributed by atoms with Crippen molar-refractivity contribution in [3.8, 4) is 0 Å². The van der Waals surface area contributed by atoms with Crippen LogP contribution in [0.15, 0.2) is 61.7 Å². The smallest absolute Gasteiger partial charge is 0.309 e. The van der Waals surface area contributed by atoms with E-state index in [1.165, 1.54) is 0 Å². The Morgan fingerprint density at radius 1 is 0.759 bits per heavy atom. The second-order valence-electron chi connectivity index (χ2n) is 7.14. The van der Waals surface area contributed by atoms with Crippen LogP contribution in [0.5, 0.6) is 0 Å². The van der Waals surface area contributed by atoms with E-state index in [1.807, 2.05) is 48.5 Å². The van der Waals surface area contributed by atoms with Gasteiger partial charge in [-0.15, -0.1) is 0 Å². The van der Waals surface area contributed by atoms with Gasteiger partial charge in [-0.05, 0) is 28.7 Å². The highest BCUT2D eigenvalue weighted by Crippen LogP contribution is 2.17. The first-order valence-corrected chi connectivity index (χ1v) is 9.69. The maximum Gasteiger partial charge on any atom is 0.309 e. The summed E-state index contributed by atoms with van der Waals surface area (Å²) < 4.78 is 10.7. The molecule has 0 heterocycles. The van der Waals surface area contributed by atoms with Crippen molar-refractivity contribution >= 4 is 24.1 Å². The van der Waals surface area contributed by atoms with Gasteiger partial charge in [0.2, 0.25) is 0 Å². The summed E-state index contributed by atoms with van der Waals surface area (Å²) >= 11 is 0. The van der Waals surface area contributed by atoms with Crippen molar-refractivity contribution in [3.63, 3.8) is 0 Å². The summed E-state index contributed by atoms with van der Waals surface area (Å²) in [5.74, 6) is -1.43. The Kier molecular flexibility index (Phi) is 8.41. The summed E-state index contributed by atoms with van der Waals surface area (Å²) in [6, 6.07) is 15.3. The molecule has 4 nitrogen and oxygen atoms in total. The summed E-state index contributed by atoms with van der Waals surface area (Å²) in [5.41, 5.74) is 3.84. The molecule has 0 aromatic heterocycles. The quantitative estimate of drug-likeness (QED) is 0.507. The average molecular weight is 392 g/mol. The summed E-state index contributed by atoms with van der Waals surface area (Å²) in [6.45, 7) is 11.4. The van der Waals surface area contributed by atoms with Crippen LogP contribution in [0.4, 0.5) is 0 Å². The minimum atomic E-state index is -0.392. The topological polar surface area (TPSA) is 52.6 Å². The fraction of sp³-hybridized carbons (Fsp3) is 0.280. The molecule has 4 heteroatoms. The summed E-state index contributed by atoms with van der Waals surface area (Å²) in [7, 11) is 0. The molecule has 0 amide bonds. The molecule has 2 unspecified atom stereocenters. The fourth-order valence-corrected chi connectivity index (χ4v) is 2.82. The van der Waals surface area contributed by atoms with Crippen LogP contribution in [-0.2, 0) is 32.3 Å². The number of rotatable bonds is 10. The zero-order valence-electron chi connectivity index (χ0n) is 17.1. The SMILES string of the molecule is C=Cc1ccc(COC(=O)C(C)CC(C)C(=O)OCc2ccc(C=C)cc2)cc1. The molecule has 0 fully saturated rings. The number of carbonyl (C=O) groups excluding carboxylic acids is 2. The molecule has 0 aliphatic rings. The van der Waals surface area contributed by atoms with Crippen molar-refractivity contribution in [1.82, 2.24) is 0 Å². The van der Waals surface area contributed by atoms with E-state index in [2.05, 4.69) is 13.2 Å². The molecular formula is C25H28O4. The Balaban J connectivity index is 1.75. The molecular weight excluding hydrogens is 364 g/mol. The van der Waals surface area contributed by atoms with E-state index in [4.69, 9.17) is 9.47 Å². The number of benzene rings is 2. The molecule has 0 N–H and O–H groups in total. The Hall–Kier alpha value is -3.14. The number of hydrogen-bond donors (Lipinski definition) is 0. The Bertz CT molecular complexity index is 763. The molecule has 2 aromatic carbocycles. The molecule has 2 atom stereocenters. The van der Waals surface area contributed by atoms with Crippen LogP contribution in [0.2, 0.25) is 0 Å². The molecule has 0 saturated heterocycles. The average Bonchev–Trinajstić information content (AvgIpc) is 2.76. The summed E-state index contributed by atoms with van der Waals surface area (Å²) in [6.07, 6.45) is 3.89. The number of carbonyl (C=O) groups is 2. The third-order valence-electron chi connectivity index (χ3n) is 4.70. The molecule has 2 aromatic rings. The van der Waals surface area contributed by atoms with E-state index in [1.54, 1.807) is 26.0 Å². The van der Waals surface area contributed by atoms with E-state index in [0.717, 1.165) is 22.3 Å². The number of hydrogen-bond acceptors (Lipinski definition) is 4. The molecule has 0 bridgehead atoms. The van der Waals surface area contributed by atoms with E-state index >= 15 is 0 Å². The van der Waals surface area contributed by atoms with Crippen molar-refractivity contribution in [1.29, 1.82) is 0 Å². The second-order valence-corrected chi connectivity index (χ2v) is 7.14. The molecule has 2 rings (SSSR count). The summed E-state index contributed by atoms with van der Waals surface area (Å²) in [5, 5.41) is 0. The minimum absolute atomic E-state index is 0.208. The molecule has 0 radical (unpaired) electrons. The first-order chi connectivity index (χ1) is 13.9. The highest BCUT2D eigenvalue weighted by atomic mass is 16.5. The van der Waals surface area contributed by atoms with Gasteiger partial charge < -0.3 is 9.47 Å². The van der Waals surface area contributed by atoms with Crippen molar-refractivity contribution < 1.29 is 19.1 Å². The normalized spacial score (nSPS) is 12.5. The van der Waals surface area contributed by atoms with Crippen LogP contribution in [0.3, 0.4) is 0 Å². The standard InChI is InChI=1S/C25H28O4/c1-5-20-7-11-22(12-8-20)16-28-24(26)18(3)15-19(4)25(27)29-17-23-13-9-21(6-2)10-14-23/h5-14,18-19H,1-2,15-17H2,3-4H3. The highest BCUT2D eigenvalue weighted by Gasteiger charge is 2.23. The van der Waals surface area contributed by atoms with Crippen LogP contribution in [0.1, 0.15) is 42.5 Å². The molecule has 0 aliphatic heterocycles. The summed E-state index contributed by atoms with van der Waals surface area (Å²) in [4.78, 5) is 24.5. The number of esters is 2. The van der Waals surface area contributed by atoms with Gasteiger partial charge in [0, 0.05) is 0 Å². The fourth-order valence-electron chi connectivity index (χ4n) is 2.82. The zero-order valence-corrected chi connectivity index (χ0v) is 17.1. The zero-order chi connectivity index (χ0) is 21.2. The Morgan fingerprint density at radius 2 is 1.10 bits per heavy atom. The molecule has 29 heavy (non-hydrogen) atoms. The molecule has 0 spiro atoms. The van der Waals surface area contributed by atoms with Crippen LogP contribution in [-0.4, -0.2) is 11.9 Å². The molecule has 152 valence electrons. The van der Waals surface area contributed by atoms with Gasteiger partial charge in [0.1, 0.15) is 13.2 Å². The maximum atomic E-state index is 12.2. The van der Waals surface area contributed by atoms with Crippen molar-refractivity contribution in [3.05, 3.63) is 83.9 Å². The molecule has 0 saturated carbocycles. The first kappa shape index (κ1) is 22.2. The van der Waals surface area contributed by atoms with E-state index in [0.29, 0.717) is 6.42 Å². The lowest BCUT2D eigenvalue weighted by atomic mass is 9.97. The van der Waals surface area contributed by atoms with Crippen LogP contribution < -0.4 is 0 Å². The van der Waals surface area contributed by atoms with Crippen LogP contribution in [0, 0.1) is 11.8 Å². The lowest BCUT2D eigenvalue weighted by Crippen LogP contribution is -2.22. The Morgan fingerprint density at radius 3 is 1.41 bits per heavy atom. The van der Waals surface area contributed by atoms with Gasteiger partial charge in [-0.1, -0.05) is 87.7 Å². The predicted molar refractivity (Wildman–Crippen MR) is 116 cm³/mol. The van der Waals surface area contributed by atoms with Gasteiger partial charge in [-0.25, -0.2) is 0 Å². The third-order valence-corrected chi connectivity index (χ3v) is 4.70. The van der Waals surface area contributed by atoms with Gasteiger partial charge in [-0.3, -0.25) is 9.59 Å². The molecule has 0 aliphatic carbocycles.